The van der Waals surface area contributed by atoms with Crippen LogP contribution in [0.1, 0.15) is 12.0 Å². The van der Waals surface area contributed by atoms with Gasteiger partial charge in [0.05, 0.1) is 35.3 Å². The minimum absolute atomic E-state index is 0.0292. The van der Waals surface area contributed by atoms with Gasteiger partial charge in [0, 0.05) is 31.1 Å². The van der Waals surface area contributed by atoms with Crippen molar-refractivity contribution in [2.24, 2.45) is 0 Å². The number of carbonyl (C=O) groups excluding carboxylic acids is 1. The Kier molecular flexibility index (Phi) is 7.04. The fraction of sp³-hybridized carbons (Fsp3) is 0.238. The van der Waals surface area contributed by atoms with E-state index in [-0.39, 0.29) is 34.0 Å². The van der Waals surface area contributed by atoms with Crippen molar-refractivity contribution in [1.82, 2.24) is 9.29 Å². The first-order valence-electron chi connectivity index (χ1n) is 9.64. The first-order chi connectivity index (χ1) is 15.6. The van der Waals surface area contributed by atoms with Gasteiger partial charge in [0.2, 0.25) is 0 Å². The number of nitrogens with one attached hydrogen (secondary N) is 2. The van der Waals surface area contributed by atoms with E-state index in [1.165, 1.54) is 51.7 Å². The lowest BCUT2D eigenvalue weighted by atomic mass is 10.1. The lowest BCUT2D eigenvalue weighted by Gasteiger charge is -2.12. The number of rotatable bonds is 8. The number of carboxylic acid groups (broad SMARTS) is 1. The zero-order valence-corrected chi connectivity index (χ0v) is 19.6. The first kappa shape index (κ1) is 24.2. The van der Waals surface area contributed by atoms with E-state index in [0.29, 0.717) is 22.4 Å². The van der Waals surface area contributed by atoms with Gasteiger partial charge in [0.1, 0.15) is 0 Å². The highest BCUT2D eigenvalue weighted by molar-refractivity contribution is 7.90. The topological polar surface area (TPSA) is 136 Å². The van der Waals surface area contributed by atoms with Crippen molar-refractivity contribution in [2.45, 2.75) is 17.7 Å². The van der Waals surface area contributed by atoms with Crippen molar-refractivity contribution in [3.05, 3.63) is 47.1 Å². The number of nitrogens with zero attached hydrogens (tertiary/aromatic N) is 1. The molecule has 3 rings (SSSR count). The highest BCUT2D eigenvalue weighted by Crippen LogP contribution is 2.37. The molecule has 12 heteroatoms. The normalized spacial score (nSPS) is 11.3. The monoisotopic (exact) mass is 495 g/mol. The Labute approximate surface area is 195 Å². The fourth-order valence-electron chi connectivity index (χ4n) is 3.28. The largest absolute Gasteiger partial charge is 0.493 e. The zero-order chi connectivity index (χ0) is 24.3. The number of hydrogen-bond acceptors (Lipinski definition) is 6. The average molecular weight is 496 g/mol. The second kappa shape index (κ2) is 9.59. The van der Waals surface area contributed by atoms with Gasteiger partial charge < -0.3 is 25.2 Å². The summed E-state index contributed by atoms with van der Waals surface area (Å²) < 4.78 is 38.7. The molecular weight excluding hydrogens is 474 g/mol. The van der Waals surface area contributed by atoms with E-state index in [0.717, 1.165) is 3.97 Å². The number of aryl methyl sites for hydroxylation is 1. The number of methoxy groups -OCH3 is 2. The molecule has 0 radical (unpaired) electrons. The molecule has 3 aromatic rings. The number of amides is 2. The molecule has 3 N–H and O–H groups in total. The van der Waals surface area contributed by atoms with Crippen molar-refractivity contribution in [1.29, 1.82) is 0 Å². The molecule has 0 bridgehead atoms. The Hall–Kier alpha value is -3.44. The van der Waals surface area contributed by atoms with Gasteiger partial charge in [-0.25, -0.2) is 17.2 Å². The van der Waals surface area contributed by atoms with E-state index in [4.69, 9.17) is 26.2 Å². The van der Waals surface area contributed by atoms with E-state index in [1.807, 2.05) is 0 Å². The third-order valence-corrected chi connectivity index (χ3v) is 6.92. The molecule has 0 saturated heterocycles. The van der Waals surface area contributed by atoms with Gasteiger partial charge >= 0.3 is 12.0 Å². The van der Waals surface area contributed by atoms with Crippen LogP contribution < -0.4 is 20.1 Å². The minimum Gasteiger partial charge on any atom is -0.493 e. The van der Waals surface area contributed by atoms with Crippen LogP contribution in [0.25, 0.3) is 10.9 Å². The fourth-order valence-corrected chi connectivity index (χ4v) is 4.99. The number of ether oxygens (including phenoxy) is 2. The van der Waals surface area contributed by atoms with Crippen LogP contribution in [0.15, 0.2) is 41.4 Å². The molecule has 1 aromatic heterocycles. The molecule has 2 aromatic carbocycles. The van der Waals surface area contributed by atoms with Gasteiger partial charge in [-0.2, -0.15) is 0 Å². The molecule has 33 heavy (non-hydrogen) atoms. The SMILES string of the molecule is CNC(=O)Nc1ccc(S(=O)(=O)n2cc(CCC(=O)O)c3cc(OC)c(OC)cc32)cc1Cl. The first-order valence-corrected chi connectivity index (χ1v) is 11.5. The zero-order valence-electron chi connectivity index (χ0n) is 18.0. The smallest absolute Gasteiger partial charge is 0.319 e. The van der Waals surface area contributed by atoms with Gasteiger partial charge in [-0.15, -0.1) is 0 Å². The van der Waals surface area contributed by atoms with E-state index in [1.54, 1.807) is 6.07 Å². The molecule has 1 heterocycles. The van der Waals surface area contributed by atoms with Crippen molar-refractivity contribution in [3.63, 3.8) is 0 Å². The number of anilines is 1. The van der Waals surface area contributed by atoms with Crippen LogP contribution in [0.5, 0.6) is 11.5 Å². The van der Waals surface area contributed by atoms with Crippen LogP contribution >= 0.6 is 11.6 Å². The van der Waals surface area contributed by atoms with Crippen LogP contribution in [-0.2, 0) is 21.2 Å². The molecule has 0 atom stereocenters. The van der Waals surface area contributed by atoms with Crippen molar-refractivity contribution < 1.29 is 32.6 Å². The molecular formula is C21H22ClN3O7S. The third-order valence-electron chi connectivity index (χ3n) is 4.94. The summed E-state index contributed by atoms with van der Waals surface area (Å²) in [4.78, 5) is 22.5. The van der Waals surface area contributed by atoms with Crippen molar-refractivity contribution in [3.8, 4) is 11.5 Å². The van der Waals surface area contributed by atoms with Gasteiger partial charge in [0.25, 0.3) is 10.0 Å². The summed E-state index contributed by atoms with van der Waals surface area (Å²) in [5.74, 6) is -0.317. The highest BCUT2D eigenvalue weighted by atomic mass is 35.5. The highest BCUT2D eigenvalue weighted by Gasteiger charge is 2.24. The summed E-state index contributed by atoms with van der Waals surface area (Å²) in [6.07, 6.45) is 1.31. The second-order valence-electron chi connectivity index (χ2n) is 6.92. The van der Waals surface area contributed by atoms with Crippen LogP contribution in [0.2, 0.25) is 5.02 Å². The number of carboxylic acids is 1. The minimum atomic E-state index is -4.14. The number of halogens is 1. The van der Waals surface area contributed by atoms with Crippen LogP contribution in [-0.4, -0.2) is 50.8 Å². The Bertz CT molecular complexity index is 1340. The molecule has 0 spiro atoms. The number of aliphatic carboxylic acids is 1. The number of urea groups is 1. The summed E-state index contributed by atoms with van der Waals surface area (Å²) in [7, 11) is 0.168. The molecule has 0 aliphatic carbocycles. The van der Waals surface area contributed by atoms with E-state index in [9.17, 15) is 18.0 Å². The maximum absolute atomic E-state index is 13.5. The molecule has 0 saturated carbocycles. The van der Waals surface area contributed by atoms with Crippen LogP contribution in [0, 0.1) is 0 Å². The Morgan fingerprint density at radius 3 is 2.36 bits per heavy atom. The van der Waals surface area contributed by atoms with E-state index in [2.05, 4.69) is 10.6 Å². The summed E-state index contributed by atoms with van der Waals surface area (Å²) in [6.45, 7) is 0. The van der Waals surface area contributed by atoms with Gasteiger partial charge in [0.15, 0.2) is 11.5 Å². The predicted molar refractivity (Wildman–Crippen MR) is 123 cm³/mol. The maximum atomic E-state index is 13.5. The van der Waals surface area contributed by atoms with Crippen molar-refractivity contribution >= 4 is 50.2 Å². The van der Waals surface area contributed by atoms with Crippen molar-refractivity contribution in [2.75, 3.05) is 26.6 Å². The molecule has 0 fully saturated rings. The van der Waals surface area contributed by atoms with Crippen LogP contribution in [0.4, 0.5) is 10.5 Å². The summed E-state index contributed by atoms with van der Waals surface area (Å²) >= 11 is 6.20. The number of carbonyl (C=O) groups is 2. The maximum Gasteiger partial charge on any atom is 0.319 e. The Balaban J connectivity index is 2.17. The lowest BCUT2D eigenvalue weighted by molar-refractivity contribution is -0.136. The molecule has 0 unspecified atom stereocenters. The van der Waals surface area contributed by atoms with E-state index >= 15 is 0 Å². The molecule has 0 aliphatic rings. The molecule has 0 aliphatic heterocycles. The summed E-state index contributed by atoms with van der Waals surface area (Å²) in [6, 6.07) is 6.54. The molecule has 10 nitrogen and oxygen atoms in total. The Morgan fingerprint density at radius 2 is 1.79 bits per heavy atom. The standard InChI is InChI=1S/C21H22ClN3O7S/c1-23-21(28)24-16-6-5-13(8-15(16)22)33(29,30)25-11-12(4-7-20(26)27)14-9-18(31-2)19(32-3)10-17(14)25/h5-6,8-11H,4,7H2,1-3H3,(H,26,27)(H2,23,24,28). The number of hydrogen-bond donors (Lipinski definition) is 3. The van der Waals surface area contributed by atoms with Crippen LogP contribution in [0.3, 0.4) is 0 Å². The lowest BCUT2D eigenvalue weighted by Crippen LogP contribution is -2.24. The quantitative estimate of drug-likeness (QED) is 0.436. The molecule has 2 amide bonds. The van der Waals surface area contributed by atoms with Gasteiger partial charge in [-0.05, 0) is 36.2 Å². The Morgan fingerprint density at radius 1 is 1.12 bits per heavy atom. The number of aromatic nitrogens is 1. The third kappa shape index (κ3) is 4.83. The average Bonchev–Trinajstić information content (AvgIpc) is 3.15. The number of fused-ring (bicyclic) bond motifs is 1. The van der Waals surface area contributed by atoms with Gasteiger partial charge in [-0.1, -0.05) is 11.6 Å². The van der Waals surface area contributed by atoms with E-state index < -0.39 is 22.0 Å². The summed E-state index contributed by atoms with van der Waals surface area (Å²) in [5, 5.41) is 14.5. The second-order valence-corrected chi connectivity index (χ2v) is 9.14. The van der Waals surface area contributed by atoms with Gasteiger partial charge in [-0.3, -0.25) is 4.79 Å². The summed E-state index contributed by atoms with van der Waals surface area (Å²) in [5.41, 5.74) is 1.04. The number of benzene rings is 2. The predicted octanol–water partition coefficient (Wildman–Crippen LogP) is 3.32. The molecule has 176 valence electrons.